The molecule has 0 saturated heterocycles. The molecule has 0 radical (unpaired) electrons. The Balaban J connectivity index is 2.64. The Morgan fingerprint density at radius 2 is 1.94 bits per heavy atom. The van der Waals surface area contributed by atoms with Crippen LogP contribution in [0, 0.1) is 11.8 Å². The van der Waals surface area contributed by atoms with Crippen LogP contribution in [0.1, 0.15) is 17.3 Å². The van der Waals surface area contributed by atoms with Gasteiger partial charge in [0.2, 0.25) is 5.78 Å². The van der Waals surface area contributed by atoms with Crippen LogP contribution >= 0.6 is 0 Å². The van der Waals surface area contributed by atoms with Gasteiger partial charge >= 0.3 is 0 Å². The lowest BCUT2D eigenvalue weighted by atomic mass is 10.2. The number of carbonyl (C=O) groups excluding carboxylic acids is 1. The summed E-state index contributed by atoms with van der Waals surface area (Å²) in [5, 5.41) is 0. The molecule has 90 valence electrons. The van der Waals surface area contributed by atoms with Gasteiger partial charge in [-0.15, -0.1) is 0 Å². The van der Waals surface area contributed by atoms with Gasteiger partial charge in [-0.25, -0.2) is 0 Å². The van der Waals surface area contributed by atoms with Crippen molar-refractivity contribution in [3.8, 4) is 11.8 Å². The number of nitrogens with zero attached hydrogens (tertiary/aromatic N) is 1. The lowest BCUT2D eigenvalue weighted by molar-refractivity contribution is 0.105. The van der Waals surface area contributed by atoms with E-state index in [2.05, 4.69) is 36.5 Å². The molecule has 0 spiro atoms. The molecular weight excluding hydrogens is 230 g/mol. The largest absolute Gasteiger partial charge is 0.404 e. The Morgan fingerprint density at radius 1 is 1.35 bits per heavy atom. The van der Waals surface area contributed by atoms with Crippen LogP contribution in [0.15, 0.2) is 24.5 Å². The van der Waals surface area contributed by atoms with Gasteiger partial charge in [-0.1, -0.05) is 5.92 Å². The van der Waals surface area contributed by atoms with Crippen LogP contribution in [0.4, 0.5) is 0 Å². The van der Waals surface area contributed by atoms with Gasteiger partial charge in [0.25, 0.3) is 0 Å². The molecule has 1 rings (SSSR count). The van der Waals surface area contributed by atoms with Crippen LogP contribution in [-0.4, -0.2) is 25.2 Å². The minimum absolute atomic E-state index is 0.196. The van der Waals surface area contributed by atoms with E-state index in [1.807, 2.05) is 6.92 Å². The molecule has 1 atom stereocenters. The summed E-state index contributed by atoms with van der Waals surface area (Å²) in [4.78, 5) is 15.5. The number of pyridine rings is 1. The zero-order valence-corrected chi connectivity index (χ0v) is 11.7. The van der Waals surface area contributed by atoms with Gasteiger partial charge in [0.15, 0.2) is 8.32 Å². The first-order valence-electron chi connectivity index (χ1n) is 5.52. The maximum atomic E-state index is 11.7. The molecule has 0 aromatic carbocycles. The molecule has 0 N–H and O–H groups in total. The average Bonchev–Trinajstić information content (AvgIpc) is 2.25. The van der Waals surface area contributed by atoms with E-state index in [0.29, 0.717) is 5.56 Å². The Kier molecular flexibility index (Phi) is 4.61. The van der Waals surface area contributed by atoms with Crippen molar-refractivity contribution < 1.29 is 9.22 Å². The molecule has 0 saturated carbocycles. The molecule has 3 nitrogen and oxygen atoms in total. The number of ketones is 1. The zero-order valence-electron chi connectivity index (χ0n) is 10.7. The number of Topliss-reactive ketones (excluding diaryl/α,β-unsaturated/α-hetero) is 1. The minimum Gasteiger partial charge on any atom is -0.404 e. The molecule has 17 heavy (non-hydrogen) atoms. The van der Waals surface area contributed by atoms with E-state index in [-0.39, 0.29) is 11.9 Å². The second-order valence-corrected chi connectivity index (χ2v) is 9.17. The van der Waals surface area contributed by atoms with Crippen molar-refractivity contribution in [2.45, 2.75) is 32.7 Å². The SMILES string of the molecule is CC(C#CC(=O)c1ccncc1)O[Si](C)(C)C. The third kappa shape index (κ3) is 5.43. The standard InChI is InChI=1S/C13H17NO2Si/c1-11(16-17(2,3)4)5-6-13(15)12-7-9-14-10-8-12/h7-11H,1-4H3. The highest BCUT2D eigenvalue weighted by Gasteiger charge is 2.16. The predicted molar refractivity (Wildman–Crippen MR) is 70.2 cm³/mol. The Hall–Kier alpha value is -1.44. The number of hydrogen-bond donors (Lipinski definition) is 0. The summed E-state index contributed by atoms with van der Waals surface area (Å²) in [6.45, 7) is 8.15. The van der Waals surface area contributed by atoms with Crippen LogP contribution in [-0.2, 0) is 4.43 Å². The Bertz CT molecular complexity index is 440. The fourth-order valence-electron chi connectivity index (χ4n) is 1.30. The molecule has 0 aliphatic heterocycles. The van der Waals surface area contributed by atoms with E-state index in [9.17, 15) is 4.79 Å². The number of rotatable bonds is 3. The third-order valence-corrected chi connectivity index (χ3v) is 2.92. The molecular formula is C13H17NO2Si. The highest BCUT2D eigenvalue weighted by atomic mass is 28.4. The van der Waals surface area contributed by atoms with Gasteiger partial charge in [-0.2, -0.15) is 0 Å². The van der Waals surface area contributed by atoms with E-state index in [1.54, 1.807) is 24.5 Å². The number of hydrogen-bond acceptors (Lipinski definition) is 3. The van der Waals surface area contributed by atoms with Crippen molar-refractivity contribution in [3.05, 3.63) is 30.1 Å². The maximum absolute atomic E-state index is 11.7. The van der Waals surface area contributed by atoms with E-state index in [0.717, 1.165) is 0 Å². The van der Waals surface area contributed by atoms with Crippen LogP contribution in [0.5, 0.6) is 0 Å². The van der Waals surface area contributed by atoms with E-state index in [4.69, 9.17) is 4.43 Å². The number of carbonyl (C=O) groups is 1. The van der Waals surface area contributed by atoms with E-state index >= 15 is 0 Å². The summed E-state index contributed by atoms with van der Waals surface area (Å²) >= 11 is 0. The summed E-state index contributed by atoms with van der Waals surface area (Å²) in [5.74, 6) is 5.24. The first-order valence-corrected chi connectivity index (χ1v) is 8.93. The highest BCUT2D eigenvalue weighted by molar-refractivity contribution is 6.69. The Morgan fingerprint density at radius 3 is 2.47 bits per heavy atom. The summed E-state index contributed by atoms with van der Waals surface area (Å²) in [6.07, 6.45) is 2.96. The molecule has 0 bridgehead atoms. The zero-order chi connectivity index (χ0) is 12.9. The molecule has 1 aromatic rings. The predicted octanol–water partition coefficient (Wildman–Crippen LogP) is 2.51. The molecule has 1 unspecified atom stereocenters. The summed E-state index contributed by atoms with van der Waals surface area (Å²) in [5.41, 5.74) is 0.563. The maximum Gasteiger partial charge on any atom is 0.236 e. The first kappa shape index (κ1) is 13.6. The van der Waals surface area contributed by atoms with E-state index in [1.165, 1.54) is 0 Å². The summed E-state index contributed by atoms with van der Waals surface area (Å²) < 4.78 is 5.72. The molecule has 4 heteroatoms. The lowest BCUT2D eigenvalue weighted by Crippen LogP contribution is -2.29. The molecule has 1 aromatic heterocycles. The molecule has 0 fully saturated rings. The van der Waals surface area contributed by atoms with Gasteiger partial charge < -0.3 is 4.43 Å². The second kappa shape index (κ2) is 5.76. The molecule has 0 amide bonds. The highest BCUT2D eigenvalue weighted by Crippen LogP contribution is 2.06. The van der Waals surface area contributed by atoms with Gasteiger partial charge in [-0.3, -0.25) is 9.78 Å². The van der Waals surface area contributed by atoms with Crippen LogP contribution in [0.3, 0.4) is 0 Å². The van der Waals surface area contributed by atoms with Crippen LogP contribution in [0.25, 0.3) is 0 Å². The molecule has 1 heterocycles. The van der Waals surface area contributed by atoms with Crippen molar-refractivity contribution >= 4 is 14.1 Å². The third-order valence-electron chi connectivity index (χ3n) is 1.86. The van der Waals surface area contributed by atoms with Crippen molar-refractivity contribution in [2.75, 3.05) is 0 Å². The van der Waals surface area contributed by atoms with Crippen molar-refractivity contribution in [3.63, 3.8) is 0 Å². The smallest absolute Gasteiger partial charge is 0.236 e. The van der Waals surface area contributed by atoms with Crippen molar-refractivity contribution in [1.82, 2.24) is 4.98 Å². The van der Waals surface area contributed by atoms with Crippen LogP contribution < -0.4 is 0 Å². The monoisotopic (exact) mass is 247 g/mol. The lowest BCUT2D eigenvalue weighted by Gasteiger charge is -2.19. The fourth-order valence-corrected chi connectivity index (χ4v) is 2.42. The fraction of sp³-hybridized carbons (Fsp3) is 0.385. The quantitative estimate of drug-likeness (QED) is 0.356. The van der Waals surface area contributed by atoms with Crippen molar-refractivity contribution in [2.24, 2.45) is 0 Å². The average molecular weight is 247 g/mol. The van der Waals surface area contributed by atoms with Gasteiger partial charge in [0, 0.05) is 18.0 Å². The second-order valence-electron chi connectivity index (χ2n) is 4.71. The van der Waals surface area contributed by atoms with Gasteiger partial charge in [-0.05, 0) is 44.6 Å². The van der Waals surface area contributed by atoms with Crippen molar-refractivity contribution in [1.29, 1.82) is 0 Å². The first-order chi connectivity index (χ1) is 7.88. The summed E-state index contributed by atoms with van der Waals surface area (Å²) in [7, 11) is -1.60. The topological polar surface area (TPSA) is 39.2 Å². The van der Waals surface area contributed by atoms with Gasteiger partial charge in [0.1, 0.15) is 6.10 Å². The molecule has 0 aliphatic rings. The Labute approximate surface area is 103 Å². The normalized spacial score (nSPS) is 12.5. The van der Waals surface area contributed by atoms with Crippen LogP contribution in [0.2, 0.25) is 19.6 Å². The van der Waals surface area contributed by atoms with E-state index < -0.39 is 8.32 Å². The van der Waals surface area contributed by atoms with Gasteiger partial charge in [0.05, 0.1) is 0 Å². The minimum atomic E-state index is -1.60. The summed E-state index contributed by atoms with van der Waals surface area (Å²) in [6, 6.07) is 3.31. The number of aromatic nitrogens is 1. The molecule has 0 aliphatic carbocycles.